The van der Waals surface area contributed by atoms with Gasteiger partial charge in [-0.1, -0.05) is 54.6 Å². The van der Waals surface area contributed by atoms with Crippen molar-refractivity contribution in [1.29, 1.82) is 0 Å². The second-order valence-electron chi connectivity index (χ2n) is 13.1. The second-order valence-corrected chi connectivity index (χ2v) is 13.1. The van der Waals surface area contributed by atoms with Crippen molar-refractivity contribution in [2.24, 2.45) is 32.9 Å². The van der Waals surface area contributed by atoms with Gasteiger partial charge in [0, 0.05) is 25.9 Å². The molecule has 0 bridgehead atoms. The lowest BCUT2D eigenvalue weighted by molar-refractivity contribution is -0.134. The summed E-state index contributed by atoms with van der Waals surface area (Å²) in [5, 5.41) is 25.3. The second kappa shape index (κ2) is 19.4. The summed E-state index contributed by atoms with van der Waals surface area (Å²) in [7, 11) is 0. The normalized spacial score (nSPS) is 21.3. The van der Waals surface area contributed by atoms with E-state index in [1.165, 1.54) is 19.1 Å². The molecule has 1 aliphatic rings. The monoisotopic (exact) mass is 743 g/mol. The van der Waals surface area contributed by atoms with Gasteiger partial charge in [-0.05, 0) is 66.6 Å². The maximum absolute atomic E-state index is 14.0. The molecule has 0 radical (unpaired) electrons. The molecule has 5 amide bonds. The van der Waals surface area contributed by atoms with E-state index in [0.29, 0.717) is 5.56 Å². The minimum Gasteiger partial charge on any atom is -0.508 e. The van der Waals surface area contributed by atoms with Crippen molar-refractivity contribution in [3.05, 3.63) is 77.9 Å². The van der Waals surface area contributed by atoms with Crippen molar-refractivity contribution >= 4 is 52.2 Å². The molecule has 0 aromatic heterocycles. The molecule has 0 spiro atoms. The molecule has 14 N–H and O–H groups in total. The van der Waals surface area contributed by atoms with Crippen LogP contribution in [0.15, 0.2) is 76.7 Å². The van der Waals surface area contributed by atoms with Crippen LogP contribution in [0.25, 0.3) is 10.8 Å². The molecule has 5 atom stereocenters. The van der Waals surface area contributed by atoms with E-state index in [9.17, 15) is 29.1 Å². The van der Waals surface area contributed by atoms with Crippen LogP contribution in [0.3, 0.4) is 0 Å². The third-order valence-electron chi connectivity index (χ3n) is 8.80. The molecule has 1 saturated heterocycles. The van der Waals surface area contributed by atoms with Gasteiger partial charge in [-0.15, -0.1) is 0 Å². The molecular weight excluding hydrogens is 694 g/mol. The van der Waals surface area contributed by atoms with Crippen LogP contribution >= 0.6 is 0 Å². The predicted octanol–water partition coefficient (Wildman–Crippen LogP) is -1.10. The van der Waals surface area contributed by atoms with Crippen LogP contribution in [-0.2, 0) is 36.8 Å². The number of hydrogen-bond donors (Lipinski definition) is 10. The molecule has 17 heteroatoms. The fraction of sp³-hybridized carbons (Fsp3) is 0.378. The van der Waals surface area contributed by atoms with E-state index in [1.807, 2.05) is 42.5 Å². The van der Waals surface area contributed by atoms with Crippen LogP contribution in [0.4, 0.5) is 0 Å². The number of amides is 5. The fourth-order valence-corrected chi connectivity index (χ4v) is 5.93. The van der Waals surface area contributed by atoms with Crippen molar-refractivity contribution in [3.63, 3.8) is 0 Å². The largest absolute Gasteiger partial charge is 0.508 e. The lowest BCUT2D eigenvalue weighted by Crippen LogP contribution is -2.58. The minimum atomic E-state index is -1.21. The zero-order chi connectivity index (χ0) is 39.2. The minimum absolute atomic E-state index is 0.0115. The number of nitrogens with zero attached hydrogens (tertiary/aromatic N) is 2. The van der Waals surface area contributed by atoms with Crippen LogP contribution in [0.1, 0.15) is 43.7 Å². The Hall–Kier alpha value is -6.39. The number of nitrogens with two attached hydrogens (primary N) is 4. The third-order valence-corrected chi connectivity index (χ3v) is 8.80. The lowest BCUT2D eigenvalue weighted by Gasteiger charge is -2.26. The number of aromatic hydroxyl groups is 1. The first-order chi connectivity index (χ1) is 25.8. The highest BCUT2D eigenvalue weighted by Crippen LogP contribution is 2.18. The average molecular weight is 744 g/mol. The van der Waals surface area contributed by atoms with E-state index in [0.717, 1.165) is 16.3 Å². The zero-order valence-electron chi connectivity index (χ0n) is 30.1. The van der Waals surface area contributed by atoms with Gasteiger partial charge >= 0.3 is 0 Å². The number of nitrogens with one attached hydrogen (secondary N) is 5. The summed E-state index contributed by atoms with van der Waals surface area (Å²) in [5.74, 6) is -3.67. The Morgan fingerprint density at radius 3 is 1.57 bits per heavy atom. The summed E-state index contributed by atoms with van der Waals surface area (Å²) >= 11 is 0. The highest BCUT2D eigenvalue weighted by molar-refractivity contribution is 5.98. The van der Waals surface area contributed by atoms with Crippen LogP contribution in [0.2, 0.25) is 0 Å². The number of phenols is 1. The van der Waals surface area contributed by atoms with Gasteiger partial charge in [0.1, 0.15) is 36.0 Å². The molecule has 0 saturated carbocycles. The molecule has 288 valence electrons. The van der Waals surface area contributed by atoms with E-state index in [2.05, 4.69) is 36.6 Å². The van der Waals surface area contributed by atoms with E-state index in [4.69, 9.17) is 22.9 Å². The number of guanidine groups is 2. The molecule has 3 aromatic carbocycles. The Morgan fingerprint density at radius 2 is 1.02 bits per heavy atom. The summed E-state index contributed by atoms with van der Waals surface area (Å²) in [5.41, 5.74) is 23.2. The summed E-state index contributed by atoms with van der Waals surface area (Å²) in [4.78, 5) is 77.2. The maximum atomic E-state index is 14.0. The number of hydrogen-bond acceptors (Lipinski definition) is 8. The van der Waals surface area contributed by atoms with E-state index >= 15 is 0 Å². The first kappa shape index (κ1) is 40.4. The van der Waals surface area contributed by atoms with Crippen molar-refractivity contribution < 1.29 is 29.1 Å². The standard InChI is InChI=1S/C37H49N11O6/c1-21-31(50)47-30(20-23-10-13-24-6-2-3-7-25(24)18-23)35(54)46-27(8-4-16-42-36(38)39)32(51)45-28(9-5-17-43-37(40)41)33(52)48-29(34(53)44-21)19-22-11-14-26(49)15-12-22/h2-3,6-7,10-15,18,21,27-30,49H,4-5,8-9,16-17,19-20H2,1H3,(H,44,53)(H,45,51)(H,46,54)(H,47,50)(H,48,52)(H4,38,39,42)(H4,40,41,43)/t21-,27+,28+,29-,30+/m1/s1. The van der Waals surface area contributed by atoms with Gasteiger partial charge < -0.3 is 54.6 Å². The van der Waals surface area contributed by atoms with E-state index in [-0.39, 0.29) is 69.3 Å². The summed E-state index contributed by atoms with van der Waals surface area (Å²) in [6.07, 6.45) is 0.742. The quantitative estimate of drug-likeness (QED) is 0.0607. The number of carbonyl (C=O) groups is 5. The van der Waals surface area contributed by atoms with E-state index in [1.54, 1.807) is 12.1 Å². The molecule has 0 aliphatic carbocycles. The fourth-order valence-electron chi connectivity index (χ4n) is 5.93. The topological polar surface area (TPSA) is 295 Å². The summed E-state index contributed by atoms with van der Waals surface area (Å²) < 4.78 is 0. The Balaban J connectivity index is 1.71. The first-order valence-corrected chi connectivity index (χ1v) is 17.7. The molecule has 0 unspecified atom stereocenters. The number of aliphatic imine (C=N–C) groups is 2. The summed E-state index contributed by atoms with van der Waals surface area (Å²) in [6, 6.07) is 13.6. The van der Waals surface area contributed by atoms with Crippen LogP contribution < -0.4 is 49.5 Å². The highest BCUT2D eigenvalue weighted by Gasteiger charge is 2.33. The van der Waals surface area contributed by atoms with Gasteiger partial charge in [-0.2, -0.15) is 0 Å². The van der Waals surface area contributed by atoms with Gasteiger partial charge in [0.15, 0.2) is 11.9 Å². The van der Waals surface area contributed by atoms with Crippen molar-refractivity contribution in [3.8, 4) is 5.75 Å². The highest BCUT2D eigenvalue weighted by atomic mass is 16.3. The summed E-state index contributed by atoms with van der Waals surface area (Å²) in [6.45, 7) is 1.77. The number of rotatable bonds is 12. The van der Waals surface area contributed by atoms with Gasteiger partial charge in [0.25, 0.3) is 0 Å². The zero-order valence-corrected chi connectivity index (χ0v) is 30.1. The number of benzene rings is 3. The molecular formula is C37H49N11O6. The Morgan fingerprint density at radius 1 is 0.574 bits per heavy atom. The van der Waals surface area contributed by atoms with Crippen molar-refractivity contribution in [2.45, 2.75) is 75.7 Å². The van der Waals surface area contributed by atoms with Gasteiger partial charge in [-0.3, -0.25) is 34.0 Å². The van der Waals surface area contributed by atoms with Gasteiger partial charge in [0.05, 0.1) is 0 Å². The number of carbonyl (C=O) groups excluding carboxylic acids is 5. The SMILES string of the molecule is C[C@H]1NC(=O)[C@@H](Cc2ccc(O)cc2)NC(=O)[C@H](CCCN=C(N)N)NC(=O)[C@H](CCCN=C(N)N)NC(=O)[C@H](Cc2ccc3ccccc3c2)NC1=O. The third kappa shape index (κ3) is 12.4. The van der Waals surface area contributed by atoms with Gasteiger partial charge in [0.2, 0.25) is 29.5 Å². The maximum Gasteiger partial charge on any atom is 0.243 e. The van der Waals surface area contributed by atoms with Crippen LogP contribution in [-0.4, -0.2) is 89.9 Å². The number of fused-ring (bicyclic) bond motifs is 1. The first-order valence-electron chi connectivity index (χ1n) is 17.7. The average Bonchev–Trinajstić information content (AvgIpc) is 3.13. The van der Waals surface area contributed by atoms with E-state index < -0.39 is 59.7 Å². The Kier molecular flexibility index (Phi) is 14.5. The molecule has 54 heavy (non-hydrogen) atoms. The molecule has 1 heterocycles. The van der Waals surface area contributed by atoms with Crippen molar-refractivity contribution in [2.75, 3.05) is 13.1 Å². The van der Waals surface area contributed by atoms with Gasteiger partial charge in [-0.25, -0.2) is 0 Å². The predicted molar refractivity (Wildman–Crippen MR) is 205 cm³/mol. The molecule has 17 nitrogen and oxygen atoms in total. The Labute approximate surface area is 312 Å². The van der Waals surface area contributed by atoms with Crippen LogP contribution in [0.5, 0.6) is 5.75 Å². The van der Waals surface area contributed by atoms with Crippen molar-refractivity contribution in [1.82, 2.24) is 26.6 Å². The smallest absolute Gasteiger partial charge is 0.243 e. The lowest BCUT2D eigenvalue weighted by atomic mass is 10.00. The molecule has 4 rings (SSSR count). The molecule has 1 aliphatic heterocycles. The Bertz CT molecular complexity index is 1860. The van der Waals surface area contributed by atoms with Crippen LogP contribution in [0, 0.1) is 0 Å². The molecule has 3 aromatic rings. The molecule has 1 fully saturated rings. The number of phenolic OH excluding ortho intramolecular Hbond substituents is 1.